The van der Waals surface area contributed by atoms with Gasteiger partial charge in [-0.2, -0.15) is 0 Å². The van der Waals surface area contributed by atoms with E-state index in [1.165, 1.54) is 26.4 Å². The highest BCUT2D eigenvalue weighted by Gasteiger charge is 2.27. The summed E-state index contributed by atoms with van der Waals surface area (Å²) in [5.41, 5.74) is 4.59. The van der Waals surface area contributed by atoms with Gasteiger partial charge in [-0.15, -0.1) is 0 Å². The largest absolute Gasteiger partial charge is 0.490 e. The molecule has 0 aliphatic rings. The van der Waals surface area contributed by atoms with Gasteiger partial charge in [-0.3, -0.25) is 14.9 Å². The van der Waals surface area contributed by atoms with Crippen LogP contribution >= 0.6 is 0 Å². The minimum absolute atomic E-state index is 0.00634. The average Bonchev–Trinajstić information content (AvgIpc) is 2.26. The number of carbonyl (C=O) groups is 1. The van der Waals surface area contributed by atoms with Crippen LogP contribution in [0.1, 0.15) is 10.4 Å². The van der Waals surface area contributed by atoms with Crippen LogP contribution in [0.4, 0.5) is 5.69 Å². The Hall–Kier alpha value is -2.31. The first-order valence-electron chi connectivity index (χ1n) is 4.22. The van der Waals surface area contributed by atoms with Crippen LogP contribution in [0.15, 0.2) is 12.1 Å². The lowest BCUT2D eigenvalue weighted by Gasteiger charge is -2.08. The van der Waals surface area contributed by atoms with Gasteiger partial charge in [-0.1, -0.05) is 0 Å². The molecule has 0 bridgehead atoms. The summed E-state index contributed by atoms with van der Waals surface area (Å²) in [4.78, 5) is 21.2. The van der Waals surface area contributed by atoms with Crippen molar-refractivity contribution < 1.29 is 19.2 Å². The maximum absolute atomic E-state index is 11.0. The predicted molar refractivity (Wildman–Crippen MR) is 54.7 cm³/mol. The zero-order valence-electron chi connectivity index (χ0n) is 8.72. The average molecular weight is 226 g/mol. The molecule has 0 heterocycles. The Bertz CT molecular complexity index is 444. The van der Waals surface area contributed by atoms with E-state index in [-0.39, 0.29) is 17.1 Å². The van der Waals surface area contributed by atoms with Crippen molar-refractivity contribution in [2.75, 3.05) is 14.2 Å². The predicted octanol–water partition coefficient (Wildman–Crippen LogP) is 0.711. The molecular formula is C9H10N2O5. The highest BCUT2D eigenvalue weighted by atomic mass is 16.6. The highest BCUT2D eigenvalue weighted by molar-refractivity contribution is 5.97. The van der Waals surface area contributed by atoms with Crippen LogP contribution in [0.2, 0.25) is 0 Å². The van der Waals surface area contributed by atoms with Gasteiger partial charge < -0.3 is 15.2 Å². The zero-order valence-corrected chi connectivity index (χ0v) is 8.72. The molecule has 0 atom stereocenters. The number of nitro groups is 1. The SMILES string of the molecule is COc1ccc(C(N)=O)c(OC)c1[N+](=O)[O-]. The molecule has 0 aliphatic heterocycles. The molecule has 0 spiro atoms. The third-order valence-electron chi connectivity index (χ3n) is 1.97. The van der Waals surface area contributed by atoms with Gasteiger partial charge in [0, 0.05) is 0 Å². The summed E-state index contributed by atoms with van der Waals surface area (Å²) < 4.78 is 9.63. The molecule has 1 aromatic carbocycles. The molecule has 2 N–H and O–H groups in total. The summed E-state index contributed by atoms with van der Waals surface area (Å²) in [5.74, 6) is -0.994. The third-order valence-corrected chi connectivity index (χ3v) is 1.97. The van der Waals surface area contributed by atoms with Crippen molar-refractivity contribution in [3.8, 4) is 11.5 Å². The topological polar surface area (TPSA) is 105 Å². The molecule has 0 saturated carbocycles. The van der Waals surface area contributed by atoms with Crippen LogP contribution in [0.3, 0.4) is 0 Å². The van der Waals surface area contributed by atoms with Gasteiger partial charge in [-0.25, -0.2) is 0 Å². The molecule has 7 heteroatoms. The summed E-state index contributed by atoms with van der Waals surface area (Å²) in [6.07, 6.45) is 0. The summed E-state index contributed by atoms with van der Waals surface area (Å²) in [7, 11) is 2.50. The first-order valence-corrected chi connectivity index (χ1v) is 4.22. The lowest BCUT2D eigenvalue weighted by atomic mass is 10.1. The second kappa shape index (κ2) is 4.47. The molecule has 1 amide bonds. The maximum Gasteiger partial charge on any atom is 0.353 e. The van der Waals surface area contributed by atoms with Crippen LogP contribution < -0.4 is 15.2 Å². The molecule has 1 rings (SSSR count). The number of primary amides is 1. The van der Waals surface area contributed by atoms with Gasteiger partial charge in [0.05, 0.1) is 24.7 Å². The van der Waals surface area contributed by atoms with Crippen molar-refractivity contribution in [3.05, 3.63) is 27.8 Å². The molecule has 16 heavy (non-hydrogen) atoms. The van der Waals surface area contributed by atoms with Gasteiger partial charge >= 0.3 is 5.69 Å². The van der Waals surface area contributed by atoms with E-state index in [9.17, 15) is 14.9 Å². The number of amides is 1. The minimum Gasteiger partial charge on any atom is -0.490 e. The number of nitrogens with zero attached hydrogens (tertiary/aromatic N) is 1. The Morgan fingerprint density at radius 3 is 2.38 bits per heavy atom. The van der Waals surface area contributed by atoms with Gasteiger partial charge in [0.25, 0.3) is 5.91 Å². The van der Waals surface area contributed by atoms with Gasteiger partial charge in [0.1, 0.15) is 0 Å². The smallest absolute Gasteiger partial charge is 0.353 e. The van der Waals surface area contributed by atoms with Crippen molar-refractivity contribution in [2.24, 2.45) is 5.73 Å². The Morgan fingerprint density at radius 1 is 1.38 bits per heavy atom. The quantitative estimate of drug-likeness (QED) is 0.601. The second-order valence-corrected chi connectivity index (χ2v) is 2.82. The van der Waals surface area contributed by atoms with Crippen LogP contribution in [-0.2, 0) is 0 Å². The van der Waals surface area contributed by atoms with Crippen molar-refractivity contribution in [2.45, 2.75) is 0 Å². The number of rotatable bonds is 4. The van der Waals surface area contributed by atoms with Crippen LogP contribution in [0.5, 0.6) is 11.5 Å². The summed E-state index contributed by atoms with van der Waals surface area (Å²) in [6, 6.07) is 2.60. The van der Waals surface area contributed by atoms with E-state index >= 15 is 0 Å². The molecule has 7 nitrogen and oxygen atoms in total. The molecular weight excluding hydrogens is 216 g/mol. The van der Waals surface area contributed by atoms with E-state index in [1.807, 2.05) is 0 Å². The van der Waals surface area contributed by atoms with Gasteiger partial charge in [0.15, 0.2) is 0 Å². The fourth-order valence-electron chi connectivity index (χ4n) is 1.29. The van der Waals surface area contributed by atoms with E-state index in [0.717, 1.165) is 0 Å². The van der Waals surface area contributed by atoms with Crippen molar-refractivity contribution in [1.82, 2.24) is 0 Å². The standard InChI is InChI=1S/C9H10N2O5/c1-15-6-4-3-5(9(10)12)8(16-2)7(6)11(13)14/h3-4H,1-2H3,(H2,10,12). The molecule has 0 aromatic heterocycles. The van der Waals surface area contributed by atoms with Crippen molar-refractivity contribution in [3.63, 3.8) is 0 Å². The lowest BCUT2D eigenvalue weighted by Crippen LogP contribution is -2.13. The number of carbonyl (C=O) groups excluding carboxylic acids is 1. The number of nitro benzene ring substituents is 1. The Balaban J connectivity index is 3.56. The highest BCUT2D eigenvalue weighted by Crippen LogP contribution is 2.38. The zero-order chi connectivity index (χ0) is 12.3. The number of benzene rings is 1. The Morgan fingerprint density at radius 2 is 2.00 bits per heavy atom. The van der Waals surface area contributed by atoms with E-state index in [0.29, 0.717) is 0 Å². The number of hydrogen-bond acceptors (Lipinski definition) is 5. The molecule has 0 aliphatic carbocycles. The van der Waals surface area contributed by atoms with E-state index in [2.05, 4.69) is 0 Å². The van der Waals surface area contributed by atoms with Crippen molar-refractivity contribution >= 4 is 11.6 Å². The molecule has 0 fully saturated rings. The maximum atomic E-state index is 11.0. The fraction of sp³-hybridized carbons (Fsp3) is 0.222. The Kier molecular flexibility index (Phi) is 3.29. The summed E-state index contributed by atoms with van der Waals surface area (Å²) in [5, 5.41) is 10.8. The lowest BCUT2D eigenvalue weighted by molar-refractivity contribution is -0.386. The fourth-order valence-corrected chi connectivity index (χ4v) is 1.29. The number of nitrogens with two attached hydrogens (primary N) is 1. The molecule has 0 unspecified atom stereocenters. The minimum atomic E-state index is -0.803. The number of methoxy groups -OCH3 is 2. The van der Waals surface area contributed by atoms with E-state index in [4.69, 9.17) is 15.2 Å². The third kappa shape index (κ3) is 1.88. The molecule has 0 saturated heterocycles. The summed E-state index contributed by atoms with van der Waals surface area (Å²) in [6.45, 7) is 0. The Labute approximate surface area is 90.9 Å². The van der Waals surface area contributed by atoms with Gasteiger partial charge in [-0.05, 0) is 12.1 Å². The first-order chi connectivity index (χ1) is 7.52. The number of ether oxygens (including phenoxy) is 2. The van der Waals surface area contributed by atoms with E-state index < -0.39 is 16.5 Å². The van der Waals surface area contributed by atoms with E-state index in [1.54, 1.807) is 0 Å². The van der Waals surface area contributed by atoms with Crippen molar-refractivity contribution in [1.29, 1.82) is 0 Å². The normalized spacial score (nSPS) is 9.62. The molecule has 86 valence electrons. The van der Waals surface area contributed by atoms with Gasteiger partial charge in [0.2, 0.25) is 11.5 Å². The first kappa shape index (κ1) is 11.8. The van der Waals surface area contributed by atoms with Crippen LogP contribution in [0, 0.1) is 10.1 Å². The molecule has 1 aromatic rings. The number of hydrogen-bond donors (Lipinski definition) is 1. The van der Waals surface area contributed by atoms with Crippen LogP contribution in [0.25, 0.3) is 0 Å². The van der Waals surface area contributed by atoms with Crippen LogP contribution in [-0.4, -0.2) is 25.1 Å². The molecule has 0 radical (unpaired) electrons. The monoisotopic (exact) mass is 226 g/mol. The summed E-state index contributed by atoms with van der Waals surface area (Å²) >= 11 is 0. The second-order valence-electron chi connectivity index (χ2n) is 2.82.